The van der Waals surface area contributed by atoms with Gasteiger partial charge in [-0.3, -0.25) is 0 Å². The van der Waals surface area contributed by atoms with E-state index in [1.54, 1.807) is 6.07 Å². The molecule has 1 heterocycles. The Bertz CT molecular complexity index is 670. The molecule has 2 aromatic rings. The van der Waals surface area contributed by atoms with Crippen molar-refractivity contribution in [3.63, 3.8) is 0 Å². The van der Waals surface area contributed by atoms with Crippen molar-refractivity contribution in [3.8, 4) is 0 Å². The zero-order valence-corrected chi connectivity index (χ0v) is 14.1. The van der Waals surface area contributed by atoms with Crippen molar-refractivity contribution in [1.29, 1.82) is 0 Å². The van der Waals surface area contributed by atoms with Gasteiger partial charge in [-0.05, 0) is 36.1 Å². The van der Waals surface area contributed by atoms with Crippen molar-refractivity contribution in [2.45, 2.75) is 25.1 Å². The van der Waals surface area contributed by atoms with Crippen LogP contribution in [-0.4, -0.2) is 31.1 Å². The molecule has 0 aromatic heterocycles. The molecule has 5 heteroatoms. The Morgan fingerprint density at radius 1 is 1.04 bits per heavy atom. The molecule has 0 bridgehead atoms. The second-order valence-corrected chi connectivity index (χ2v) is 6.57. The topological polar surface area (TPSA) is 15.3 Å². The highest BCUT2D eigenvalue weighted by Gasteiger charge is 2.30. The minimum Gasteiger partial charge on any atom is -0.311 e. The molecule has 1 aliphatic heterocycles. The lowest BCUT2D eigenvalue weighted by Gasteiger charge is -2.17. The Kier molecular flexibility index (Phi) is 5.76. The summed E-state index contributed by atoms with van der Waals surface area (Å²) in [5.74, 6) is 0.588. The lowest BCUT2D eigenvalue weighted by molar-refractivity contribution is -0.137. The number of nitrogens with one attached hydrogen (secondary N) is 1. The average molecular weight is 348 g/mol. The van der Waals surface area contributed by atoms with Gasteiger partial charge < -0.3 is 10.2 Å². The number of hydrogen-bond donors (Lipinski definition) is 1. The minimum atomic E-state index is -4.28. The highest BCUT2D eigenvalue weighted by atomic mass is 19.4. The van der Waals surface area contributed by atoms with Gasteiger partial charge in [-0.2, -0.15) is 13.2 Å². The zero-order valence-electron chi connectivity index (χ0n) is 14.1. The maximum atomic E-state index is 12.7. The van der Waals surface area contributed by atoms with Crippen LogP contribution in [0.4, 0.5) is 13.2 Å². The quantitative estimate of drug-likeness (QED) is 0.784. The molecular formula is C20H23F3N2. The Labute approximate surface area is 146 Å². The third kappa shape index (κ3) is 5.06. The lowest BCUT2D eigenvalue weighted by atomic mass is 9.99. The van der Waals surface area contributed by atoms with Gasteiger partial charge in [0.15, 0.2) is 0 Å². The molecule has 0 radical (unpaired) electrons. The van der Waals surface area contributed by atoms with E-state index in [4.69, 9.17) is 0 Å². The van der Waals surface area contributed by atoms with E-state index in [-0.39, 0.29) is 0 Å². The summed E-state index contributed by atoms with van der Waals surface area (Å²) in [4.78, 5) is 2.41. The Hall–Kier alpha value is -1.85. The molecular weight excluding hydrogens is 325 g/mol. The number of alkyl halides is 3. The van der Waals surface area contributed by atoms with Crippen LogP contribution in [0, 0.1) is 0 Å². The molecule has 2 aromatic carbocycles. The van der Waals surface area contributed by atoms with Gasteiger partial charge in [-0.1, -0.05) is 48.5 Å². The summed E-state index contributed by atoms with van der Waals surface area (Å²) in [7, 11) is 0. The van der Waals surface area contributed by atoms with Gasteiger partial charge in [0.05, 0.1) is 5.56 Å². The molecule has 3 rings (SSSR count). The van der Waals surface area contributed by atoms with Crippen LogP contribution in [0.1, 0.15) is 29.0 Å². The van der Waals surface area contributed by atoms with Crippen LogP contribution in [0.15, 0.2) is 54.6 Å². The predicted molar refractivity (Wildman–Crippen MR) is 93.4 cm³/mol. The molecule has 1 fully saturated rings. The van der Waals surface area contributed by atoms with Crippen molar-refractivity contribution >= 4 is 0 Å². The number of halogens is 3. The third-order valence-electron chi connectivity index (χ3n) is 4.73. The van der Waals surface area contributed by atoms with Gasteiger partial charge in [0.2, 0.25) is 0 Å². The summed E-state index contributed by atoms with van der Waals surface area (Å²) >= 11 is 0. The summed E-state index contributed by atoms with van der Waals surface area (Å²) < 4.78 is 38.1. The second-order valence-electron chi connectivity index (χ2n) is 6.57. The zero-order chi connectivity index (χ0) is 17.7. The van der Waals surface area contributed by atoms with E-state index in [9.17, 15) is 13.2 Å². The molecule has 0 spiro atoms. The fourth-order valence-electron chi connectivity index (χ4n) is 3.36. The van der Waals surface area contributed by atoms with Gasteiger partial charge in [0, 0.05) is 26.2 Å². The monoisotopic (exact) mass is 348 g/mol. The van der Waals surface area contributed by atoms with Crippen LogP contribution in [0.2, 0.25) is 0 Å². The number of likely N-dealkylation sites (tertiary alicyclic amines) is 1. The van der Waals surface area contributed by atoms with E-state index >= 15 is 0 Å². The largest absolute Gasteiger partial charge is 0.416 e. The number of benzene rings is 2. The minimum absolute atomic E-state index is 0.458. The van der Waals surface area contributed by atoms with Crippen molar-refractivity contribution in [1.82, 2.24) is 10.2 Å². The third-order valence-corrected chi connectivity index (χ3v) is 4.73. The SMILES string of the molecule is FC(F)(F)c1cccc(CNCCN2CCC(c3ccccc3)C2)c1. The Morgan fingerprint density at radius 3 is 2.60 bits per heavy atom. The summed E-state index contributed by atoms with van der Waals surface area (Å²) in [5.41, 5.74) is 1.47. The number of rotatable bonds is 6. The molecule has 1 aliphatic rings. The van der Waals surface area contributed by atoms with Gasteiger partial charge in [-0.15, -0.1) is 0 Å². The molecule has 25 heavy (non-hydrogen) atoms. The fraction of sp³-hybridized carbons (Fsp3) is 0.400. The van der Waals surface area contributed by atoms with E-state index in [1.807, 2.05) is 6.07 Å². The fourth-order valence-corrected chi connectivity index (χ4v) is 3.36. The smallest absolute Gasteiger partial charge is 0.311 e. The normalized spacial score (nSPS) is 18.6. The van der Waals surface area contributed by atoms with E-state index in [1.165, 1.54) is 17.7 Å². The highest BCUT2D eigenvalue weighted by Crippen LogP contribution is 2.29. The number of hydrogen-bond acceptors (Lipinski definition) is 2. The van der Waals surface area contributed by atoms with Crippen LogP contribution < -0.4 is 5.32 Å². The summed E-state index contributed by atoms with van der Waals surface area (Å²) in [6.45, 7) is 4.28. The van der Waals surface area contributed by atoms with Crippen LogP contribution in [0.5, 0.6) is 0 Å². The maximum absolute atomic E-state index is 12.7. The Morgan fingerprint density at radius 2 is 1.84 bits per heavy atom. The van der Waals surface area contributed by atoms with Crippen LogP contribution >= 0.6 is 0 Å². The summed E-state index contributed by atoms with van der Waals surface area (Å²) in [5, 5.41) is 3.25. The first-order valence-corrected chi connectivity index (χ1v) is 8.66. The van der Waals surface area contributed by atoms with Crippen molar-refractivity contribution in [2.24, 2.45) is 0 Å². The van der Waals surface area contributed by atoms with Crippen molar-refractivity contribution in [2.75, 3.05) is 26.2 Å². The van der Waals surface area contributed by atoms with Gasteiger partial charge >= 0.3 is 6.18 Å². The van der Waals surface area contributed by atoms with Gasteiger partial charge in [0.25, 0.3) is 0 Å². The predicted octanol–water partition coefficient (Wildman–Crippen LogP) is 4.28. The van der Waals surface area contributed by atoms with E-state index in [2.05, 4.69) is 34.5 Å². The first-order valence-electron chi connectivity index (χ1n) is 8.66. The van der Waals surface area contributed by atoms with Crippen LogP contribution in [0.25, 0.3) is 0 Å². The molecule has 1 N–H and O–H groups in total. The average Bonchev–Trinajstić information content (AvgIpc) is 3.08. The van der Waals surface area contributed by atoms with Crippen molar-refractivity contribution in [3.05, 3.63) is 71.3 Å². The highest BCUT2D eigenvalue weighted by molar-refractivity contribution is 5.25. The molecule has 0 saturated carbocycles. The first-order chi connectivity index (χ1) is 12.0. The molecule has 1 atom stereocenters. The lowest BCUT2D eigenvalue weighted by Crippen LogP contribution is -2.30. The standard InChI is InChI=1S/C20H23F3N2/c21-20(22,23)19-8-4-5-16(13-19)14-24-10-12-25-11-9-18(15-25)17-6-2-1-3-7-17/h1-8,13,18,24H,9-12,14-15H2. The number of nitrogens with zero attached hydrogens (tertiary/aromatic N) is 1. The molecule has 0 aliphatic carbocycles. The van der Waals surface area contributed by atoms with Gasteiger partial charge in [-0.25, -0.2) is 0 Å². The summed E-state index contributed by atoms with van der Waals surface area (Å²) in [6, 6.07) is 16.1. The van der Waals surface area contributed by atoms with E-state index in [0.29, 0.717) is 18.0 Å². The van der Waals surface area contributed by atoms with Crippen LogP contribution in [-0.2, 0) is 12.7 Å². The molecule has 0 amide bonds. The van der Waals surface area contributed by atoms with E-state index in [0.717, 1.165) is 38.7 Å². The Balaban J connectivity index is 1.41. The first kappa shape index (κ1) is 18.0. The molecule has 2 nitrogen and oxygen atoms in total. The summed E-state index contributed by atoms with van der Waals surface area (Å²) in [6.07, 6.45) is -3.12. The molecule has 134 valence electrons. The van der Waals surface area contributed by atoms with E-state index < -0.39 is 11.7 Å². The maximum Gasteiger partial charge on any atom is 0.416 e. The van der Waals surface area contributed by atoms with Crippen LogP contribution in [0.3, 0.4) is 0 Å². The molecule has 1 saturated heterocycles. The molecule has 1 unspecified atom stereocenters. The van der Waals surface area contributed by atoms with Crippen molar-refractivity contribution < 1.29 is 13.2 Å². The second kappa shape index (κ2) is 8.02. The van der Waals surface area contributed by atoms with Gasteiger partial charge in [0.1, 0.15) is 0 Å².